The van der Waals surface area contributed by atoms with Crippen LogP contribution < -0.4 is 10.9 Å². The first kappa shape index (κ1) is 17.9. The number of nitrogens with zero attached hydrogens (tertiary/aromatic N) is 1. The Morgan fingerprint density at radius 3 is 2.85 bits per heavy atom. The van der Waals surface area contributed by atoms with Gasteiger partial charge in [-0.25, -0.2) is 0 Å². The van der Waals surface area contributed by atoms with Gasteiger partial charge in [0.05, 0.1) is 6.10 Å². The molecule has 0 bridgehead atoms. The molecule has 0 unspecified atom stereocenters. The highest BCUT2D eigenvalue weighted by molar-refractivity contribution is 5.94. The van der Waals surface area contributed by atoms with Gasteiger partial charge in [0.15, 0.2) is 0 Å². The van der Waals surface area contributed by atoms with Gasteiger partial charge in [0, 0.05) is 30.0 Å². The summed E-state index contributed by atoms with van der Waals surface area (Å²) in [4.78, 5) is 32.5. The van der Waals surface area contributed by atoms with E-state index in [1.165, 1.54) is 0 Å². The molecule has 2 heterocycles. The van der Waals surface area contributed by atoms with Crippen molar-refractivity contribution in [1.29, 1.82) is 0 Å². The topological polar surface area (TPSA) is 95.1 Å². The van der Waals surface area contributed by atoms with E-state index in [9.17, 15) is 14.7 Å². The summed E-state index contributed by atoms with van der Waals surface area (Å²) in [6, 6.07) is 7.32. The third-order valence-electron chi connectivity index (χ3n) is 5.77. The Morgan fingerprint density at radius 1 is 1.30 bits per heavy atom. The van der Waals surface area contributed by atoms with Crippen LogP contribution in [0.5, 0.6) is 0 Å². The molecule has 2 aliphatic carbocycles. The fourth-order valence-corrected chi connectivity index (χ4v) is 4.13. The number of nitrogens with one attached hydrogen (secondary N) is 2. The van der Waals surface area contributed by atoms with Crippen LogP contribution in [0.3, 0.4) is 0 Å². The van der Waals surface area contributed by atoms with E-state index in [0.717, 1.165) is 42.6 Å². The molecule has 2 aliphatic rings. The first-order valence-electron chi connectivity index (χ1n) is 9.74. The molecule has 4 rings (SSSR count). The van der Waals surface area contributed by atoms with Crippen molar-refractivity contribution in [2.45, 2.75) is 57.1 Å². The number of aromatic nitrogens is 2. The lowest BCUT2D eigenvalue weighted by molar-refractivity contribution is 0.0237. The Labute approximate surface area is 158 Å². The number of H-pyrrole nitrogens is 1. The van der Waals surface area contributed by atoms with Crippen LogP contribution in [-0.2, 0) is 19.3 Å². The molecule has 0 radical (unpaired) electrons. The highest BCUT2D eigenvalue weighted by Gasteiger charge is 2.35. The molecular formula is C21H25N3O3. The first-order chi connectivity index (χ1) is 13.1. The first-order valence-corrected chi connectivity index (χ1v) is 9.74. The Balaban J connectivity index is 1.54. The van der Waals surface area contributed by atoms with Gasteiger partial charge in [0.1, 0.15) is 5.56 Å². The lowest BCUT2D eigenvalue weighted by Crippen LogP contribution is -2.49. The quantitative estimate of drug-likeness (QED) is 0.750. The van der Waals surface area contributed by atoms with E-state index >= 15 is 0 Å². The number of aryl methyl sites for hydroxylation is 2. The van der Waals surface area contributed by atoms with Gasteiger partial charge in [-0.1, -0.05) is 6.07 Å². The van der Waals surface area contributed by atoms with Gasteiger partial charge in [0.2, 0.25) is 0 Å². The van der Waals surface area contributed by atoms with E-state index in [4.69, 9.17) is 0 Å². The van der Waals surface area contributed by atoms with Gasteiger partial charge in [-0.2, -0.15) is 0 Å². The van der Waals surface area contributed by atoms with Gasteiger partial charge in [-0.15, -0.1) is 0 Å². The molecule has 3 N–H and O–H groups in total. The minimum absolute atomic E-state index is 0.147. The molecule has 0 saturated heterocycles. The van der Waals surface area contributed by atoms with Crippen molar-refractivity contribution >= 4 is 5.91 Å². The molecule has 0 aromatic carbocycles. The van der Waals surface area contributed by atoms with Gasteiger partial charge in [-0.05, 0) is 68.2 Å². The minimum Gasteiger partial charge on any atom is -0.393 e. The molecule has 1 saturated carbocycles. The number of pyridine rings is 2. The van der Waals surface area contributed by atoms with E-state index < -0.39 is 0 Å². The number of carbonyl (C=O) groups is 1. The zero-order valence-corrected chi connectivity index (χ0v) is 15.3. The fourth-order valence-electron chi connectivity index (χ4n) is 4.13. The van der Waals surface area contributed by atoms with Crippen molar-refractivity contribution in [3.63, 3.8) is 0 Å². The van der Waals surface area contributed by atoms with Gasteiger partial charge >= 0.3 is 0 Å². The number of aliphatic hydroxyl groups is 1. The number of aromatic amines is 1. The van der Waals surface area contributed by atoms with Crippen LogP contribution in [0.25, 0.3) is 0 Å². The normalized spacial score (nSPS) is 22.4. The lowest BCUT2D eigenvalue weighted by atomic mass is 9.76. The molecule has 142 valence electrons. The molecule has 1 atom stereocenters. The van der Waals surface area contributed by atoms with Gasteiger partial charge < -0.3 is 15.4 Å². The van der Waals surface area contributed by atoms with Crippen molar-refractivity contribution in [3.8, 4) is 0 Å². The predicted octanol–water partition coefficient (Wildman–Crippen LogP) is 1.76. The smallest absolute Gasteiger partial charge is 0.261 e. The van der Waals surface area contributed by atoms with E-state index in [0.29, 0.717) is 19.3 Å². The number of fused-ring (bicyclic) bond motifs is 1. The van der Waals surface area contributed by atoms with E-state index in [-0.39, 0.29) is 35.1 Å². The fraction of sp³-hybridized carbons (Fsp3) is 0.476. The van der Waals surface area contributed by atoms with Crippen LogP contribution in [0.1, 0.15) is 53.0 Å². The maximum atomic E-state index is 12.9. The Hall–Kier alpha value is -2.47. The molecule has 2 aromatic rings. The van der Waals surface area contributed by atoms with E-state index in [2.05, 4.69) is 15.3 Å². The van der Waals surface area contributed by atoms with Crippen molar-refractivity contribution in [1.82, 2.24) is 15.3 Å². The van der Waals surface area contributed by atoms with E-state index in [1.807, 2.05) is 18.2 Å². The number of aliphatic hydroxyl groups excluding tert-OH is 1. The molecule has 0 spiro atoms. The van der Waals surface area contributed by atoms with Crippen molar-refractivity contribution in [2.75, 3.05) is 0 Å². The third kappa shape index (κ3) is 3.95. The second-order valence-electron chi connectivity index (χ2n) is 7.71. The molecule has 2 aromatic heterocycles. The summed E-state index contributed by atoms with van der Waals surface area (Å²) < 4.78 is 0. The SMILES string of the molecule is O=C(N[C@H](Cc1ccccn1)C1CC(O)C1)c1cc2c([nH]c1=O)CCCC2. The summed E-state index contributed by atoms with van der Waals surface area (Å²) in [6.45, 7) is 0. The second kappa shape index (κ2) is 7.64. The summed E-state index contributed by atoms with van der Waals surface area (Å²) in [5, 5.41) is 12.7. The molecular weight excluding hydrogens is 342 g/mol. The van der Waals surface area contributed by atoms with Crippen molar-refractivity contribution in [3.05, 3.63) is 63.3 Å². The summed E-state index contributed by atoms with van der Waals surface area (Å²) in [7, 11) is 0. The number of amides is 1. The summed E-state index contributed by atoms with van der Waals surface area (Å²) in [5.41, 5.74) is 2.80. The van der Waals surface area contributed by atoms with Crippen LogP contribution in [0.4, 0.5) is 0 Å². The Kier molecular flexibility index (Phi) is 5.07. The zero-order chi connectivity index (χ0) is 18.8. The Morgan fingerprint density at radius 2 is 2.11 bits per heavy atom. The summed E-state index contributed by atoms with van der Waals surface area (Å²) in [5.74, 6) is -0.144. The monoisotopic (exact) mass is 367 g/mol. The van der Waals surface area contributed by atoms with Crippen LogP contribution in [0, 0.1) is 5.92 Å². The van der Waals surface area contributed by atoms with Crippen LogP contribution >= 0.6 is 0 Å². The zero-order valence-electron chi connectivity index (χ0n) is 15.3. The van der Waals surface area contributed by atoms with Crippen LogP contribution in [0.2, 0.25) is 0 Å². The van der Waals surface area contributed by atoms with Gasteiger partial charge in [0.25, 0.3) is 11.5 Å². The minimum atomic E-state index is -0.341. The maximum absolute atomic E-state index is 12.9. The second-order valence-corrected chi connectivity index (χ2v) is 7.71. The Bertz CT molecular complexity index is 872. The molecule has 1 fully saturated rings. The third-order valence-corrected chi connectivity index (χ3v) is 5.77. The average molecular weight is 367 g/mol. The predicted molar refractivity (Wildman–Crippen MR) is 102 cm³/mol. The summed E-state index contributed by atoms with van der Waals surface area (Å²) >= 11 is 0. The molecule has 0 aliphatic heterocycles. The van der Waals surface area contributed by atoms with Crippen LogP contribution in [0.15, 0.2) is 35.3 Å². The van der Waals surface area contributed by atoms with E-state index in [1.54, 1.807) is 12.3 Å². The highest BCUT2D eigenvalue weighted by Crippen LogP contribution is 2.31. The number of hydrogen-bond acceptors (Lipinski definition) is 4. The molecule has 27 heavy (non-hydrogen) atoms. The van der Waals surface area contributed by atoms with Crippen molar-refractivity contribution in [2.24, 2.45) is 5.92 Å². The standard InChI is InChI=1S/C21H25N3O3/c25-16-9-14(10-16)19(12-15-6-3-4-8-22-15)24-21(27)17-11-13-5-1-2-7-18(13)23-20(17)26/h3-4,6,8,11,14,16,19,25H,1-2,5,7,9-10,12H2,(H,23,26)(H,24,27)/t14?,16?,19-/m1/s1. The molecule has 6 nitrogen and oxygen atoms in total. The van der Waals surface area contributed by atoms with Crippen LogP contribution in [-0.4, -0.2) is 33.1 Å². The average Bonchev–Trinajstić information content (AvgIpc) is 2.65. The summed E-state index contributed by atoms with van der Waals surface area (Å²) in [6.07, 6.45) is 7.28. The maximum Gasteiger partial charge on any atom is 0.261 e. The van der Waals surface area contributed by atoms with Crippen molar-refractivity contribution < 1.29 is 9.90 Å². The number of carbonyl (C=O) groups excluding carboxylic acids is 1. The molecule has 1 amide bonds. The number of hydrogen-bond donors (Lipinski definition) is 3. The molecule has 6 heteroatoms. The number of rotatable bonds is 5. The lowest BCUT2D eigenvalue weighted by Gasteiger charge is -2.38. The largest absolute Gasteiger partial charge is 0.393 e. The van der Waals surface area contributed by atoms with Gasteiger partial charge in [-0.3, -0.25) is 14.6 Å². The highest BCUT2D eigenvalue weighted by atomic mass is 16.3.